The van der Waals surface area contributed by atoms with Gasteiger partial charge in [0.05, 0.1) is 0 Å². The molecule has 0 aliphatic heterocycles. The third-order valence-electron chi connectivity index (χ3n) is 5.52. The molecular weight excluding hydrogens is 228 g/mol. The summed E-state index contributed by atoms with van der Waals surface area (Å²) < 4.78 is 0. The van der Waals surface area contributed by atoms with Gasteiger partial charge >= 0.3 is 0 Å². The molecule has 0 rings (SSSR count). The van der Waals surface area contributed by atoms with Crippen LogP contribution in [0.1, 0.15) is 82.1 Å². The van der Waals surface area contributed by atoms with Crippen molar-refractivity contribution in [3.05, 3.63) is 0 Å². The van der Waals surface area contributed by atoms with E-state index < -0.39 is 0 Å². The van der Waals surface area contributed by atoms with E-state index in [2.05, 4.69) is 69.2 Å². The first-order chi connectivity index (χ1) is 8.51. The first-order valence-corrected chi connectivity index (χ1v) is 8.51. The molecule has 19 heavy (non-hydrogen) atoms. The van der Waals surface area contributed by atoms with Gasteiger partial charge in [0.15, 0.2) is 0 Å². The van der Waals surface area contributed by atoms with E-state index >= 15 is 0 Å². The Morgan fingerprint density at radius 2 is 1.21 bits per heavy atom. The molecule has 0 aromatic heterocycles. The van der Waals surface area contributed by atoms with E-state index in [1.54, 1.807) is 0 Å². The largest absolute Gasteiger partial charge is 0.0651 e. The summed E-state index contributed by atoms with van der Waals surface area (Å²) in [5.74, 6) is 4.99. The standard InChI is InChI=1S/C19H40/c1-11-18(14(4)12-19(8,9)10)17(7)16(6)15(5)13(2)3/h13-18H,11-12H2,1-10H3. The van der Waals surface area contributed by atoms with Crippen LogP contribution < -0.4 is 0 Å². The summed E-state index contributed by atoms with van der Waals surface area (Å²) in [6.45, 7) is 24.1. The van der Waals surface area contributed by atoms with Gasteiger partial charge in [-0.2, -0.15) is 0 Å². The first kappa shape index (κ1) is 19.0. The van der Waals surface area contributed by atoms with Gasteiger partial charge in [0.2, 0.25) is 0 Å². The van der Waals surface area contributed by atoms with Crippen LogP contribution in [0.4, 0.5) is 0 Å². The van der Waals surface area contributed by atoms with Gasteiger partial charge in [0.1, 0.15) is 0 Å². The molecule has 0 saturated carbocycles. The second-order valence-corrected chi connectivity index (χ2v) is 8.64. The Hall–Kier alpha value is 0. The third kappa shape index (κ3) is 6.32. The molecule has 5 unspecified atom stereocenters. The zero-order valence-electron chi connectivity index (χ0n) is 15.4. The fraction of sp³-hybridized carbons (Fsp3) is 1.00. The highest BCUT2D eigenvalue weighted by atomic mass is 14.4. The van der Waals surface area contributed by atoms with Crippen molar-refractivity contribution in [3.8, 4) is 0 Å². The average Bonchev–Trinajstić information content (AvgIpc) is 2.25. The summed E-state index contributed by atoms with van der Waals surface area (Å²) in [4.78, 5) is 0. The number of hydrogen-bond acceptors (Lipinski definition) is 0. The summed E-state index contributed by atoms with van der Waals surface area (Å²) >= 11 is 0. The van der Waals surface area contributed by atoms with E-state index in [-0.39, 0.29) is 0 Å². The lowest BCUT2D eigenvalue weighted by molar-refractivity contribution is 0.109. The Balaban J connectivity index is 4.75. The molecule has 0 aromatic rings. The molecule has 0 aliphatic rings. The summed E-state index contributed by atoms with van der Waals surface area (Å²) in [5, 5.41) is 0. The normalized spacial score (nSPS) is 21.0. The van der Waals surface area contributed by atoms with E-state index in [0.717, 1.165) is 35.5 Å². The monoisotopic (exact) mass is 268 g/mol. The van der Waals surface area contributed by atoms with Crippen molar-refractivity contribution in [1.82, 2.24) is 0 Å². The Bertz CT molecular complexity index is 233. The minimum absolute atomic E-state index is 0.458. The van der Waals surface area contributed by atoms with Crippen LogP contribution in [0.5, 0.6) is 0 Å². The van der Waals surface area contributed by atoms with Crippen molar-refractivity contribution in [1.29, 1.82) is 0 Å². The molecule has 116 valence electrons. The van der Waals surface area contributed by atoms with Crippen LogP contribution in [-0.4, -0.2) is 0 Å². The summed E-state index contributed by atoms with van der Waals surface area (Å²) in [6.07, 6.45) is 2.67. The highest BCUT2D eigenvalue weighted by Crippen LogP contribution is 2.39. The Kier molecular flexibility index (Phi) is 7.70. The van der Waals surface area contributed by atoms with Crippen molar-refractivity contribution in [2.75, 3.05) is 0 Å². The fourth-order valence-electron chi connectivity index (χ4n) is 3.89. The topological polar surface area (TPSA) is 0 Å². The maximum atomic E-state index is 2.50. The molecule has 0 heterocycles. The summed E-state index contributed by atoms with van der Waals surface area (Å²) in [7, 11) is 0. The van der Waals surface area contributed by atoms with Crippen molar-refractivity contribution in [2.24, 2.45) is 40.9 Å². The minimum atomic E-state index is 0.458. The molecule has 0 amide bonds. The second-order valence-electron chi connectivity index (χ2n) is 8.64. The van der Waals surface area contributed by atoms with Crippen LogP contribution in [0.2, 0.25) is 0 Å². The summed E-state index contributed by atoms with van der Waals surface area (Å²) in [6, 6.07) is 0. The molecule has 5 atom stereocenters. The van der Waals surface area contributed by atoms with Gasteiger partial charge in [0, 0.05) is 0 Å². The predicted molar refractivity (Wildman–Crippen MR) is 89.3 cm³/mol. The van der Waals surface area contributed by atoms with Gasteiger partial charge in [0.25, 0.3) is 0 Å². The summed E-state index contributed by atoms with van der Waals surface area (Å²) in [5.41, 5.74) is 0.458. The van der Waals surface area contributed by atoms with Gasteiger partial charge in [-0.1, -0.05) is 75.7 Å². The van der Waals surface area contributed by atoms with Crippen molar-refractivity contribution in [3.63, 3.8) is 0 Å². The lowest BCUT2D eigenvalue weighted by Crippen LogP contribution is -2.31. The smallest absolute Gasteiger partial charge is 0.0362 e. The van der Waals surface area contributed by atoms with Gasteiger partial charge < -0.3 is 0 Å². The lowest BCUT2D eigenvalue weighted by atomic mass is 9.67. The molecule has 0 spiro atoms. The highest BCUT2D eigenvalue weighted by molar-refractivity contribution is 4.80. The van der Waals surface area contributed by atoms with Crippen molar-refractivity contribution < 1.29 is 0 Å². The molecule has 0 N–H and O–H groups in total. The highest BCUT2D eigenvalue weighted by Gasteiger charge is 2.31. The molecule has 0 nitrogen and oxygen atoms in total. The van der Waals surface area contributed by atoms with Gasteiger partial charge in [-0.3, -0.25) is 0 Å². The van der Waals surface area contributed by atoms with Crippen molar-refractivity contribution >= 4 is 0 Å². The van der Waals surface area contributed by atoms with Crippen LogP contribution >= 0.6 is 0 Å². The zero-order chi connectivity index (χ0) is 15.4. The van der Waals surface area contributed by atoms with E-state index in [4.69, 9.17) is 0 Å². The van der Waals surface area contributed by atoms with Crippen LogP contribution in [0.3, 0.4) is 0 Å². The molecule has 0 bridgehead atoms. The molecule has 0 aromatic carbocycles. The van der Waals surface area contributed by atoms with E-state index in [9.17, 15) is 0 Å². The van der Waals surface area contributed by atoms with Gasteiger partial charge in [-0.25, -0.2) is 0 Å². The Labute approximate surface area is 123 Å². The van der Waals surface area contributed by atoms with Crippen LogP contribution in [0.15, 0.2) is 0 Å². The van der Waals surface area contributed by atoms with Crippen LogP contribution in [-0.2, 0) is 0 Å². The van der Waals surface area contributed by atoms with Gasteiger partial charge in [-0.05, 0) is 47.3 Å². The number of rotatable bonds is 7. The predicted octanol–water partition coefficient (Wildman–Crippen LogP) is 6.65. The first-order valence-electron chi connectivity index (χ1n) is 8.51. The molecule has 0 aliphatic carbocycles. The quantitative estimate of drug-likeness (QED) is 0.485. The maximum Gasteiger partial charge on any atom is -0.0362 e. The molecule has 0 heteroatoms. The Morgan fingerprint density at radius 1 is 0.737 bits per heavy atom. The Morgan fingerprint density at radius 3 is 1.53 bits per heavy atom. The molecular formula is C19H40. The van der Waals surface area contributed by atoms with E-state index in [1.165, 1.54) is 12.8 Å². The van der Waals surface area contributed by atoms with Crippen LogP contribution in [0.25, 0.3) is 0 Å². The van der Waals surface area contributed by atoms with Gasteiger partial charge in [-0.15, -0.1) is 0 Å². The molecule has 0 fully saturated rings. The minimum Gasteiger partial charge on any atom is -0.0651 e. The second kappa shape index (κ2) is 7.70. The number of hydrogen-bond donors (Lipinski definition) is 0. The van der Waals surface area contributed by atoms with E-state index in [1.807, 2.05) is 0 Å². The average molecular weight is 269 g/mol. The van der Waals surface area contributed by atoms with Crippen molar-refractivity contribution in [2.45, 2.75) is 82.1 Å². The fourth-order valence-corrected chi connectivity index (χ4v) is 3.89. The maximum absolute atomic E-state index is 2.50. The SMILES string of the molecule is CCC(C(C)CC(C)(C)C)C(C)C(C)C(C)C(C)C. The molecule has 0 radical (unpaired) electrons. The van der Waals surface area contributed by atoms with Crippen LogP contribution in [0, 0.1) is 40.9 Å². The lowest BCUT2D eigenvalue weighted by Gasteiger charge is -2.38. The third-order valence-corrected chi connectivity index (χ3v) is 5.52. The van der Waals surface area contributed by atoms with E-state index in [0.29, 0.717) is 5.41 Å². The zero-order valence-corrected chi connectivity index (χ0v) is 15.4. The molecule has 0 saturated heterocycles.